The molecule has 2 amide bonds. The summed E-state index contributed by atoms with van der Waals surface area (Å²) < 4.78 is 19.7. The molecule has 1 heterocycles. The maximum absolute atomic E-state index is 13.9. The highest BCUT2D eigenvalue weighted by molar-refractivity contribution is 9.10. The van der Waals surface area contributed by atoms with Gasteiger partial charge in [-0.25, -0.2) is 14.0 Å². The summed E-state index contributed by atoms with van der Waals surface area (Å²) in [6.45, 7) is 2.05. The number of hydrogen-bond donors (Lipinski definition) is 2. The number of anilines is 1. The van der Waals surface area contributed by atoms with Crippen LogP contribution >= 0.6 is 27.3 Å². The Hall–Kier alpha value is -1.93. The molecule has 1 fully saturated rings. The first-order valence-electron chi connectivity index (χ1n) is 9.27. The summed E-state index contributed by atoms with van der Waals surface area (Å²) in [6.07, 6.45) is 4.55. The van der Waals surface area contributed by atoms with Gasteiger partial charge in [0.1, 0.15) is 10.8 Å². The maximum Gasteiger partial charge on any atom is 0.341 e. The Morgan fingerprint density at radius 1 is 1.29 bits per heavy atom. The summed E-state index contributed by atoms with van der Waals surface area (Å²) in [7, 11) is 0. The van der Waals surface area contributed by atoms with Crippen molar-refractivity contribution >= 4 is 44.3 Å². The molecule has 28 heavy (non-hydrogen) atoms. The molecule has 1 aliphatic rings. The average molecular weight is 469 g/mol. The van der Waals surface area contributed by atoms with Gasteiger partial charge in [0.25, 0.3) is 0 Å². The van der Waals surface area contributed by atoms with Crippen LogP contribution < -0.4 is 10.6 Å². The predicted octanol–water partition coefficient (Wildman–Crippen LogP) is 5.81. The minimum atomic E-state index is -0.493. The molecule has 2 aromatic rings. The van der Waals surface area contributed by atoms with E-state index in [1.165, 1.54) is 30.2 Å². The highest BCUT2D eigenvalue weighted by Gasteiger charge is 2.25. The van der Waals surface area contributed by atoms with Gasteiger partial charge in [-0.2, -0.15) is 0 Å². The predicted molar refractivity (Wildman–Crippen MR) is 111 cm³/mol. The second-order valence-electron chi connectivity index (χ2n) is 6.64. The second-order valence-corrected chi connectivity index (χ2v) is 8.64. The van der Waals surface area contributed by atoms with Crippen molar-refractivity contribution in [2.45, 2.75) is 45.1 Å². The van der Waals surface area contributed by atoms with E-state index in [9.17, 15) is 14.0 Å². The highest BCUT2D eigenvalue weighted by atomic mass is 79.9. The minimum Gasteiger partial charge on any atom is -0.462 e. The molecule has 1 aliphatic carbocycles. The summed E-state index contributed by atoms with van der Waals surface area (Å²) >= 11 is 4.62. The number of carbonyl (C=O) groups is 2. The van der Waals surface area contributed by atoms with Crippen LogP contribution in [0.1, 0.15) is 59.3 Å². The molecule has 8 heteroatoms. The number of halogens is 2. The van der Waals surface area contributed by atoms with Crippen molar-refractivity contribution in [3.05, 3.63) is 50.6 Å². The molecular formula is C20H22BrFN2O3S. The third kappa shape index (κ3) is 5.11. The SMILES string of the molecule is CCOC(=O)c1cc(C2CCCC2)sc1NC(=O)NCc1ccc(Br)cc1F. The van der Waals surface area contributed by atoms with Gasteiger partial charge >= 0.3 is 12.0 Å². The number of benzene rings is 1. The summed E-state index contributed by atoms with van der Waals surface area (Å²) in [4.78, 5) is 25.7. The smallest absolute Gasteiger partial charge is 0.341 e. The number of esters is 1. The van der Waals surface area contributed by atoms with E-state index >= 15 is 0 Å². The van der Waals surface area contributed by atoms with E-state index in [4.69, 9.17) is 4.74 Å². The van der Waals surface area contributed by atoms with Crippen LogP contribution in [-0.2, 0) is 11.3 Å². The Kier molecular flexibility index (Phi) is 7.07. The molecule has 0 atom stereocenters. The van der Waals surface area contributed by atoms with Crippen LogP contribution in [0.3, 0.4) is 0 Å². The lowest BCUT2D eigenvalue weighted by Crippen LogP contribution is -2.28. The fourth-order valence-electron chi connectivity index (χ4n) is 3.26. The third-order valence-corrected chi connectivity index (χ3v) is 6.39. The van der Waals surface area contributed by atoms with Crippen LogP contribution in [0.4, 0.5) is 14.2 Å². The van der Waals surface area contributed by atoms with Gasteiger partial charge in [-0.05, 0) is 43.9 Å². The van der Waals surface area contributed by atoms with Crippen molar-refractivity contribution in [1.82, 2.24) is 5.32 Å². The van der Waals surface area contributed by atoms with Crippen LogP contribution in [0, 0.1) is 5.82 Å². The van der Waals surface area contributed by atoms with E-state index in [1.807, 2.05) is 6.07 Å². The summed E-state index contributed by atoms with van der Waals surface area (Å²) in [6, 6.07) is 6.01. The van der Waals surface area contributed by atoms with Crippen molar-refractivity contribution in [3.63, 3.8) is 0 Å². The third-order valence-electron chi connectivity index (χ3n) is 4.69. The fraction of sp³-hybridized carbons (Fsp3) is 0.400. The quantitative estimate of drug-likeness (QED) is 0.525. The average Bonchev–Trinajstić information content (AvgIpc) is 3.31. The molecule has 0 spiro atoms. The number of carbonyl (C=O) groups excluding carboxylic acids is 2. The normalized spacial score (nSPS) is 14.1. The molecule has 150 valence electrons. The molecular weight excluding hydrogens is 447 g/mol. The van der Waals surface area contributed by atoms with Gasteiger partial charge in [0, 0.05) is 21.5 Å². The zero-order valence-corrected chi connectivity index (χ0v) is 17.9. The molecule has 0 unspecified atom stereocenters. The van der Waals surface area contributed by atoms with E-state index in [1.54, 1.807) is 19.1 Å². The van der Waals surface area contributed by atoms with E-state index in [0.29, 0.717) is 26.5 Å². The lowest BCUT2D eigenvalue weighted by molar-refractivity contribution is 0.0528. The van der Waals surface area contributed by atoms with Crippen LogP contribution in [0.2, 0.25) is 0 Å². The van der Waals surface area contributed by atoms with Crippen molar-refractivity contribution in [2.24, 2.45) is 0 Å². The van der Waals surface area contributed by atoms with Gasteiger partial charge in [-0.1, -0.05) is 34.8 Å². The van der Waals surface area contributed by atoms with Crippen molar-refractivity contribution in [2.75, 3.05) is 11.9 Å². The Morgan fingerprint density at radius 2 is 2.04 bits per heavy atom. The van der Waals surface area contributed by atoms with Crippen LogP contribution in [0.5, 0.6) is 0 Å². The van der Waals surface area contributed by atoms with Gasteiger partial charge in [-0.3, -0.25) is 5.32 Å². The number of ether oxygens (including phenoxy) is 1. The lowest BCUT2D eigenvalue weighted by Gasteiger charge is -2.09. The number of urea groups is 1. The minimum absolute atomic E-state index is 0.0422. The Labute approximate surface area is 175 Å². The Morgan fingerprint density at radius 3 is 2.71 bits per heavy atom. The van der Waals surface area contributed by atoms with Crippen LogP contribution in [0.15, 0.2) is 28.7 Å². The monoisotopic (exact) mass is 468 g/mol. The van der Waals surface area contributed by atoms with Crippen molar-refractivity contribution < 1.29 is 18.7 Å². The molecule has 5 nitrogen and oxygen atoms in total. The van der Waals surface area contributed by atoms with Gasteiger partial charge in [0.2, 0.25) is 0 Å². The highest BCUT2D eigenvalue weighted by Crippen LogP contribution is 2.41. The zero-order valence-electron chi connectivity index (χ0n) is 15.5. The van der Waals surface area contributed by atoms with Crippen LogP contribution in [-0.4, -0.2) is 18.6 Å². The Balaban J connectivity index is 1.70. The zero-order chi connectivity index (χ0) is 20.1. The maximum atomic E-state index is 13.9. The van der Waals surface area contributed by atoms with Gasteiger partial charge in [0.15, 0.2) is 0 Å². The molecule has 1 saturated carbocycles. The molecule has 0 bridgehead atoms. The van der Waals surface area contributed by atoms with E-state index in [2.05, 4.69) is 26.6 Å². The first-order valence-corrected chi connectivity index (χ1v) is 10.9. The molecule has 0 radical (unpaired) electrons. The summed E-state index contributed by atoms with van der Waals surface area (Å²) in [5.41, 5.74) is 0.750. The van der Waals surface area contributed by atoms with Gasteiger partial charge in [-0.15, -0.1) is 11.3 Å². The van der Waals surface area contributed by atoms with E-state index < -0.39 is 17.8 Å². The summed E-state index contributed by atoms with van der Waals surface area (Å²) in [5.74, 6) is -0.424. The first-order chi connectivity index (χ1) is 13.5. The largest absolute Gasteiger partial charge is 0.462 e. The molecule has 0 aliphatic heterocycles. The first kappa shape index (κ1) is 20.8. The van der Waals surface area contributed by atoms with E-state index in [0.717, 1.165) is 17.7 Å². The lowest BCUT2D eigenvalue weighted by atomic mass is 10.1. The molecule has 1 aromatic heterocycles. The number of amides is 2. The van der Waals surface area contributed by atoms with Crippen molar-refractivity contribution in [3.8, 4) is 0 Å². The van der Waals surface area contributed by atoms with Crippen LogP contribution in [0.25, 0.3) is 0 Å². The van der Waals surface area contributed by atoms with E-state index in [-0.39, 0.29) is 13.2 Å². The van der Waals surface area contributed by atoms with Gasteiger partial charge in [0.05, 0.1) is 12.2 Å². The standard InChI is InChI=1S/C20H22BrFN2O3S/c1-2-27-19(25)15-10-17(12-5-3-4-6-12)28-18(15)24-20(26)23-11-13-7-8-14(21)9-16(13)22/h7-10,12H,2-6,11H2,1H3,(H2,23,24,26). The topological polar surface area (TPSA) is 67.4 Å². The summed E-state index contributed by atoms with van der Waals surface area (Å²) in [5, 5.41) is 5.83. The van der Waals surface area contributed by atoms with Gasteiger partial charge < -0.3 is 10.1 Å². The van der Waals surface area contributed by atoms with Crippen molar-refractivity contribution in [1.29, 1.82) is 0 Å². The molecule has 0 saturated heterocycles. The number of hydrogen-bond acceptors (Lipinski definition) is 4. The molecule has 3 rings (SSSR count). The molecule has 1 aromatic carbocycles. The number of thiophene rings is 1. The number of nitrogens with one attached hydrogen (secondary N) is 2. The Bertz CT molecular complexity index is 865. The number of rotatable bonds is 6. The molecule has 2 N–H and O–H groups in total. The second kappa shape index (κ2) is 9.52. The fourth-order valence-corrected chi connectivity index (χ4v) is 4.81.